The van der Waals surface area contributed by atoms with Crippen LogP contribution < -0.4 is 0 Å². The fourth-order valence-corrected chi connectivity index (χ4v) is 3.57. The lowest BCUT2D eigenvalue weighted by Crippen LogP contribution is -2.48. The van der Waals surface area contributed by atoms with Crippen LogP contribution >= 0.6 is 0 Å². The van der Waals surface area contributed by atoms with Crippen molar-refractivity contribution in [3.63, 3.8) is 0 Å². The average Bonchev–Trinajstić information content (AvgIpc) is 2.47. The van der Waals surface area contributed by atoms with Gasteiger partial charge in [0.25, 0.3) is 0 Å². The molecular formula is C16H37N3Si. The second kappa shape index (κ2) is 11.3. The minimum atomic E-state index is 0.569. The van der Waals surface area contributed by atoms with E-state index >= 15 is 0 Å². The van der Waals surface area contributed by atoms with E-state index in [0.29, 0.717) is 6.17 Å². The van der Waals surface area contributed by atoms with Gasteiger partial charge in [0.2, 0.25) is 0 Å². The van der Waals surface area contributed by atoms with Gasteiger partial charge < -0.3 is 4.90 Å². The summed E-state index contributed by atoms with van der Waals surface area (Å²) in [6.45, 7) is 20.4. The zero-order valence-electron chi connectivity index (χ0n) is 14.9. The molecule has 4 heteroatoms. The maximum atomic E-state index is 2.60. The van der Waals surface area contributed by atoms with Crippen LogP contribution in [0.25, 0.3) is 0 Å². The largest absolute Gasteiger partial charge is 0.378 e. The molecule has 0 atom stereocenters. The van der Waals surface area contributed by atoms with Gasteiger partial charge in [0.15, 0.2) is 0 Å². The Morgan fingerprint density at radius 2 is 1.20 bits per heavy atom. The SMILES string of the molecule is CCN(C=C([SiH3])CC(N(CC)CC)N(CC)CC)CC. The lowest BCUT2D eigenvalue weighted by atomic mass is 10.2. The molecule has 0 spiro atoms. The van der Waals surface area contributed by atoms with E-state index in [-0.39, 0.29) is 0 Å². The van der Waals surface area contributed by atoms with Crippen LogP contribution in [-0.2, 0) is 0 Å². The molecule has 0 saturated heterocycles. The normalized spacial score (nSPS) is 12.9. The fraction of sp³-hybridized carbons (Fsp3) is 0.875. The van der Waals surface area contributed by atoms with Gasteiger partial charge in [-0.2, -0.15) is 0 Å². The first-order valence-corrected chi connectivity index (χ1v) is 9.47. The van der Waals surface area contributed by atoms with E-state index < -0.39 is 0 Å². The Morgan fingerprint density at radius 1 is 0.800 bits per heavy atom. The van der Waals surface area contributed by atoms with Gasteiger partial charge in [-0.05, 0) is 52.6 Å². The Morgan fingerprint density at radius 3 is 1.50 bits per heavy atom. The first-order chi connectivity index (χ1) is 9.57. The summed E-state index contributed by atoms with van der Waals surface area (Å²) in [7, 11) is 1.16. The first-order valence-electron chi connectivity index (χ1n) is 8.47. The summed E-state index contributed by atoms with van der Waals surface area (Å²) in [5, 5.41) is 1.62. The van der Waals surface area contributed by atoms with Crippen molar-refractivity contribution in [2.75, 3.05) is 39.3 Å². The summed E-state index contributed by atoms with van der Waals surface area (Å²) in [6, 6.07) is 0. The molecule has 3 nitrogen and oxygen atoms in total. The molecule has 0 aliphatic rings. The molecule has 0 saturated carbocycles. The zero-order chi connectivity index (χ0) is 15.5. The van der Waals surface area contributed by atoms with Crippen LogP contribution in [-0.4, -0.2) is 70.4 Å². The van der Waals surface area contributed by atoms with E-state index in [1.807, 2.05) is 0 Å². The van der Waals surface area contributed by atoms with Crippen molar-refractivity contribution >= 4 is 10.2 Å². The van der Waals surface area contributed by atoms with Crippen LogP contribution in [0, 0.1) is 0 Å². The molecule has 0 heterocycles. The van der Waals surface area contributed by atoms with E-state index in [0.717, 1.165) is 49.5 Å². The standard InChI is InChI=1S/C16H37N3Si/c1-7-17(8-2)14-15(20)13-16(18(9-3)10-4)19(11-5)12-6/h14,16H,7-13H2,1-6,20H3. The molecule has 0 fully saturated rings. The van der Waals surface area contributed by atoms with Gasteiger partial charge in [-0.15, -0.1) is 0 Å². The minimum absolute atomic E-state index is 0.569. The molecule has 0 aromatic rings. The first kappa shape index (κ1) is 19.7. The molecule has 0 aliphatic heterocycles. The van der Waals surface area contributed by atoms with Crippen LogP contribution in [0.4, 0.5) is 0 Å². The van der Waals surface area contributed by atoms with Crippen molar-refractivity contribution in [2.45, 2.75) is 54.1 Å². The van der Waals surface area contributed by atoms with Crippen LogP contribution in [0.15, 0.2) is 11.4 Å². The highest BCUT2D eigenvalue weighted by atomic mass is 28.1. The Balaban J connectivity index is 4.95. The maximum Gasteiger partial charge on any atom is 0.0656 e. The topological polar surface area (TPSA) is 9.72 Å². The summed E-state index contributed by atoms with van der Waals surface area (Å²) in [5.74, 6) is 0. The molecule has 0 aliphatic carbocycles. The molecule has 120 valence electrons. The lowest BCUT2D eigenvalue weighted by Gasteiger charge is -2.38. The van der Waals surface area contributed by atoms with E-state index in [1.165, 1.54) is 6.42 Å². The van der Waals surface area contributed by atoms with Gasteiger partial charge >= 0.3 is 0 Å². The van der Waals surface area contributed by atoms with Gasteiger partial charge in [-0.3, -0.25) is 9.80 Å². The van der Waals surface area contributed by atoms with Gasteiger partial charge in [0.1, 0.15) is 0 Å². The molecule has 0 N–H and O–H groups in total. The Kier molecular flexibility index (Phi) is 11.2. The second-order valence-corrected chi connectivity index (χ2v) is 6.61. The molecule has 0 aromatic carbocycles. The average molecular weight is 300 g/mol. The summed E-state index contributed by atoms with van der Waals surface area (Å²) in [4.78, 5) is 7.62. The van der Waals surface area contributed by atoms with Gasteiger partial charge in [-0.25, -0.2) is 0 Å². The zero-order valence-corrected chi connectivity index (χ0v) is 16.9. The highest BCUT2D eigenvalue weighted by Crippen LogP contribution is 2.15. The van der Waals surface area contributed by atoms with Crippen molar-refractivity contribution in [3.05, 3.63) is 11.4 Å². The molecule has 0 bridgehead atoms. The summed E-state index contributed by atoms with van der Waals surface area (Å²) >= 11 is 0. The highest BCUT2D eigenvalue weighted by Gasteiger charge is 2.21. The van der Waals surface area contributed by atoms with E-state index in [2.05, 4.69) is 62.4 Å². The fourth-order valence-electron chi connectivity index (χ4n) is 2.84. The van der Waals surface area contributed by atoms with Crippen molar-refractivity contribution in [2.24, 2.45) is 0 Å². The summed E-state index contributed by atoms with van der Waals surface area (Å²) in [6.07, 6.45) is 4.18. The number of rotatable bonds is 11. The molecule has 0 amide bonds. The summed E-state index contributed by atoms with van der Waals surface area (Å²) < 4.78 is 0. The third kappa shape index (κ3) is 6.42. The Bertz CT molecular complexity index is 244. The molecule has 0 unspecified atom stereocenters. The maximum absolute atomic E-state index is 2.60. The van der Waals surface area contributed by atoms with E-state index in [1.54, 1.807) is 5.20 Å². The third-order valence-corrected chi connectivity index (χ3v) is 4.85. The van der Waals surface area contributed by atoms with Crippen LogP contribution in [0.2, 0.25) is 0 Å². The van der Waals surface area contributed by atoms with Crippen molar-refractivity contribution < 1.29 is 0 Å². The van der Waals surface area contributed by atoms with Crippen molar-refractivity contribution in [1.82, 2.24) is 14.7 Å². The molecule has 20 heavy (non-hydrogen) atoms. The van der Waals surface area contributed by atoms with Gasteiger partial charge in [0.05, 0.1) is 6.17 Å². The van der Waals surface area contributed by atoms with Gasteiger partial charge in [0, 0.05) is 23.3 Å². The van der Waals surface area contributed by atoms with Crippen LogP contribution in [0.1, 0.15) is 48.0 Å². The number of hydrogen-bond donors (Lipinski definition) is 0. The third-order valence-electron chi connectivity index (χ3n) is 4.19. The molecule has 0 aromatic heterocycles. The highest BCUT2D eigenvalue weighted by molar-refractivity contribution is 6.21. The van der Waals surface area contributed by atoms with Crippen molar-refractivity contribution in [1.29, 1.82) is 0 Å². The van der Waals surface area contributed by atoms with Gasteiger partial charge in [-0.1, -0.05) is 32.9 Å². The van der Waals surface area contributed by atoms with Crippen LogP contribution in [0.3, 0.4) is 0 Å². The molecule has 0 rings (SSSR count). The predicted molar refractivity (Wildman–Crippen MR) is 95.2 cm³/mol. The molecular weight excluding hydrogens is 262 g/mol. The Labute approximate surface area is 130 Å². The Hall–Kier alpha value is -0.323. The minimum Gasteiger partial charge on any atom is -0.378 e. The molecule has 0 radical (unpaired) electrons. The van der Waals surface area contributed by atoms with Crippen LogP contribution in [0.5, 0.6) is 0 Å². The quantitative estimate of drug-likeness (QED) is 0.426. The van der Waals surface area contributed by atoms with E-state index in [9.17, 15) is 0 Å². The predicted octanol–water partition coefficient (Wildman–Crippen LogP) is 1.93. The smallest absolute Gasteiger partial charge is 0.0656 e. The monoisotopic (exact) mass is 299 g/mol. The second-order valence-electron chi connectivity index (χ2n) is 5.32. The van der Waals surface area contributed by atoms with Crippen molar-refractivity contribution in [3.8, 4) is 0 Å². The number of nitrogens with zero attached hydrogens (tertiary/aromatic N) is 3. The van der Waals surface area contributed by atoms with E-state index in [4.69, 9.17) is 0 Å². The number of hydrogen-bond acceptors (Lipinski definition) is 3. The lowest BCUT2D eigenvalue weighted by molar-refractivity contribution is 0.0580. The summed E-state index contributed by atoms with van der Waals surface area (Å²) in [5.41, 5.74) is 0.